The molecule has 6 heteroatoms. The van der Waals surface area contributed by atoms with Crippen LogP contribution in [-0.2, 0) is 10.0 Å². The molecule has 4 nitrogen and oxygen atoms in total. The van der Waals surface area contributed by atoms with E-state index in [1.807, 2.05) is 6.07 Å². The SMILES string of the molecule is NCCCN(c1ccccc1)S(=O)(=O)c1ccc(F)cc1. The lowest BCUT2D eigenvalue weighted by atomic mass is 10.3. The van der Waals surface area contributed by atoms with Crippen LogP contribution in [0.1, 0.15) is 6.42 Å². The van der Waals surface area contributed by atoms with Crippen molar-refractivity contribution in [1.82, 2.24) is 0 Å². The summed E-state index contributed by atoms with van der Waals surface area (Å²) in [5.41, 5.74) is 6.05. The van der Waals surface area contributed by atoms with Gasteiger partial charge in [0.25, 0.3) is 10.0 Å². The smallest absolute Gasteiger partial charge is 0.264 e. The van der Waals surface area contributed by atoms with E-state index in [1.54, 1.807) is 24.3 Å². The molecule has 0 aliphatic heterocycles. The molecule has 0 amide bonds. The Labute approximate surface area is 124 Å². The van der Waals surface area contributed by atoms with E-state index >= 15 is 0 Å². The van der Waals surface area contributed by atoms with Crippen LogP contribution in [0.2, 0.25) is 0 Å². The predicted molar refractivity (Wildman–Crippen MR) is 81.0 cm³/mol. The molecule has 0 aromatic heterocycles. The summed E-state index contributed by atoms with van der Waals surface area (Å²) in [5, 5.41) is 0. The van der Waals surface area contributed by atoms with Gasteiger partial charge in [-0.15, -0.1) is 0 Å². The maximum atomic E-state index is 13.0. The van der Waals surface area contributed by atoms with Crippen LogP contribution in [0.25, 0.3) is 0 Å². The minimum absolute atomic E-state index is 0.0600. The Bertz CT molecular complexity index is 673. The van der Waals surface area contributed by atoms with Gasteiger partial charge in [-0.25, -0.2) is 12.8 Å². The lowest BCUT2D eigenvalue weighted by Gasteiger charge is -2.24. The van der Waals surface area contributed by atoms with E-state index in [0.29, 0.717) is 18.7 Å². The molecular weight excluding hydrogens is 291 g/mol. The van der Waals surface area contributed by atoms with E-state index < -0.39 is 15.8 Å². The van der Waals surface area contributed by atoms with Gasteiger partial charge in [-0.3, -0.25) is 4.31 Å². The highest BCUT2D eigenvalue weighted by atomic mass is 32.2. The summed E-state index contributed by atoms with van der Waals surface area (Å²) in [7, 11) is -3.73. The maximum Gasteiger partial charge on any atom is 0.264 e. The molecule has 112 valence electrons. The fourth-order valence-corrected chi connectivity index (χ4v) is 3.45. The number of rotatable bonds is 6. The molecule has 0 aliphatic rings. The molecule has 0 fully saturated rings. The van der Waals surface area contributed by atoms with Gasteiger partial charge in [-0.05, 0) is 49.4 Å². The Balaban J connectivity index is 2.42. The monoisotopic (exact) mass is 308 g/mol. The molecule has 0 spiro atoms. The summed E-state index contributed by atoms with van der Waals surface area (Å²) in [6.45, 7) is 0.669. The number of hydrogen-bond acceptors (Lipinski definition) is 3. The highest BCUT2D eigenvalue weighted by Gasteiger charge is 2.24. The van der Waals surface area contributed by atoms with E-state index in [-0.39, 0.29) is 11.4 Å². The summed E-state index contributed by atoms with van der Waals surface area (Å²) in [5.74, 6) is -0.470. The first-order valence-electron chi connectivity index (χ1n) is 6.59. The third-order valence-corrected chi connectivity index (χ3v) is 4.85. The van der Waals surface area contributed by atoms with E-state index in [9.17, 15) is 12.8 Å². The van der Waals surface area contributed by atoms with Gasteiger partial charge in [0.1, 0.15) is 5.82 Å². The van der Waals surface area contributed by atoms with E-state index in [4.69, 9.17) is 5.73 Å². The molecule has 0 saturated carbocycles. The minimum Gasteiger partial charge on any atom is -0.330 e. The minimum atomic E-state index is -3.73. The van der Waals surface area contributed by atoms with Crippen molar-refractivity contribution in [2.24, 2.45) is 5.73 Å². The van der Waals surface area contributed by atoms with Gasteiger partial charge in [-0.1, -0.05) is 18.2 Å². The summed E-state index contributed by atoms with van der Waals surface area (Å²) >= 11 is 0. The van der Waals surface area contributed by atoms with Gasteiger partial charge >= 0.3 is 0 Å². The van der Waals surface area contributed by atoms with Crippen molar-refractivity contribution in [3.05, 3.63) is 60.4 Å². The average molecular weight is 308 g/mol. The third kappa shape index (κ3) is 3.59. The number of halogens is 1. The second-order valence-corrected chi connectivity index (χ2v) is 6.37. The van der Waals surface area contributed by atoms with E-state index in [0.717, 1.165) is 12.1 Å². The molecular formula is C15H17FN2O2S. The van der Waals surface area contributed by atoms with E-state index in [1.165, 1.54) is 16.4 Å². The first-order valence-corrected chi connectivity index (χ1v) is 8.03. The molecule has 2 aromatic rings. The summed E-state index contributed by atoms with van der Waals surface area (Å²) < 4.78 is 39.7. The number of benzene rings is 2. The molecule has 2 aromatic carbocycles. The zero-order chi connectivity index (χ0) is 15.3. The Morgan fingerprint density at radius 1 is 1.00 bits per heavy atom. The maximum absolute atomic E-state index is 13.0. The van der Waals surface area contributed by atoms with Gasteiger partial charge in [0.2, 0.25) is 0 Å². The lowest BCUT2D eigenvalue weighted by Crippen LogP contribution is -2.33. The van der Waals surface area contributed by atoms with Crippen LogP contribution < -0.4 is 10.0 Å². The molecule has 0 unspecified atom stereocenters. The molecule has 2 rings (SSSR count). The number of anilines is 1. The van der Waals surface area contributed by atoms with Gasteiger partial charge in [0.05, 0.1) is 10.6 Å². The van der Waals surface area contributed by atoms with E-state index in [2.05, 4.69) is 0 Å². The quantitative estimate of drug-likeness (QED) is 0.891. The number of hydrogen-bond donors (Lipinski definition) is 1. The Hall–Kier alpha value is -1.92. The first kappa shape index (κ1) is 15.5. The molecule has 0 heterocycles. The van der Waals surface area contributed by atoms with Crippen molar-refractivity contribution in [1.29, 1.82) is 0 Å². The first-order chi connectivity index (χ1) is 10.1. The predicted octanol–water partition coefficient (Wildman–Crippen LogP) is 2.37. The zero-order valence-electron chi connectivity index (χ0n) is 11.4. The molecule has 0 saturated heterocycles. The summed E-state index contributed by atoms with van der Waals surface area (Å²) in [6.07, 6.45) is 0.537. The van der Waals surface area contributed by atoms with Gasteiger partial charge in [-0.2, -0.15) is 0 Å². The van der Waals surface area contributed by atoms with Crippen LogP contribution in [-0.4, -0.2) is 21.5 Å². The Morgan fingerprint density at radius 2 is 1.62 bits per heavy atom. The molecule has 0 atom stereocenters. The van der Waals surface area contributed by atoms with Crippen molar-refractivity contribution >= 4 is 15.7 Å². The standard InChI is InChI=1S/C15H17FN2O2S/c16-13-7-9-15(10-8-13)21(19,20)18(12-4-11-17)14-5-2-1-3-6-14/h1-3,5-10H,4,11-12,17H2. The van der Waals surface area contributed by atoms with Crippen LogP contribution in [0.5, 0.6) is 0 Å². The van der Waals surface area contributed by atoms with Crippen molar-refractivity contribution in [2.45, 2.75) is 11.3 Å². The van der Waals surface area contributed by atoms with Crippen LogP contribution in [0, 0.1) is 5.82 Å². The van der Waals surface area contributed by atoms with Crippen LogP contribution >= 0.6 is 0 Å². The highest BCUT2D eigenvalue weighted by Crippen LogP contribution is 2.23. The van der Waals surface area contributed by atoms with Crippen LogP contribution in [0.3, 0.4) is 0 Å². The lowest BCUT2D eigenvalue weighted by molar-refractivity contribution is 0.588. The fourth-order valence-electron chi connectivity index (χ4n) is 1.95. The average Bonchev–Trinajstić information content (AvgIpc) is 2.49. The summed E-state index contributed by atoms with van der Waals surface area (Å²) in [4.78, 5) is 0.0600. The van der Waals surface area contributed by atoms with Gasteiger partial charge in [0, 0.05) is 6.54 Å². The molecule has 0 aliphatic carbocycles. The fraction of sp³-hybridized carbons (Fsp3) is 0.200. The molecule has 0 radical (unpaired) electrons. The van der Waals surface area contributed by atoms with Crippen molar-refractivity contribution in [3.63, 3.8) is 0 Å². The highest BCUT2D eigenvalue weighted by molar-refractivity contribution is 7.92. The number of para-hydroxylation sites is 1. The normalized spacial score (nSPS) is 11.3. The largest absolute Gasteiger partial charge is 0.330 e. The Morgan fingerprint density at radius 3 is 2.19 bits per heavy atom. The topological polar surface area (TPSA) is 63.4 Å². The summed E-state index contributed by atoms with van der Waals surface area (Å²) in [6, 6.07) is 13.6. The van der Waals surface area contributed by atoms with Crippen molar-refractivity contribution in [2.75, 3.05) is 17.4 Å². The van der Waals surface area contributed by atoms with Crippen LogP contribution in [0.4, 0.5) is 10.1 Å². The Kier molecular flexibility index (Phi) is 4.93. The zero-order valence-corrected chi connectivity index (χ0v) is 12.3. The second-order valence-electron chi connectivity index (χ2n) is 4.51. The number of sulfonamides is 1. The van der Waals surface area contributed by atoms with Crippen molar-refractivity contribution < 1.29 is 12.8 Å². The molecule has 21 heavy (non-hydrogen) atoms. The second kappa shape index (κ2) is 6.69. The van der Waals surface area contributed by atoms with Crippen molar-refractivity contribution in [3.8, 4) is 0 Å². The van der Waals surface area contributed by atoms with Crippen LogP contribution in [0.15, 0.2) is 59.5 Å². The third-order valence-electron chi connectivity index (χ3n) is 3.01. The number of nitrogens with zero attached hydrogens (tertiary/aromatic N) is 1. The number of nitrogens with two attached hydrogens (primary N) is 1. The molecule has 0 bridgehead atoms. The molecule has 2 N–H and O–H groups in total. The van der Waals surface area contributed by atoms with Gasteiger partial charge < -0.3 is 5.73 Å². The van der Waals surface area contributed by atoms with Gasteiger partial charge in [0.15, 0.2) is 0 Å².